The molecule has 2 rings (SSSR count). The molecule has 1 N–H and O–H groups in total. The molecule has 8 heteroatoms. The second-order valence-corrected chi connectivity index (χ2v) is 3.81. The van der Waals surface area contributed by atoms with E-state index < -0.39 is 0 Å². The number of carbonyl (C=O) groups excluding carboxylic acids is 1. The highest BCUT2D eigenvalue weighted by Crippen LogP contribution is 2.16. The summed E-state index contributed by atoms with van der Waals surface area (Å²) in [5.74, 6) is 1.50. The summed E-state index contributed by atoms with van der Waals surface area (Å²) in [4.78, 5) is 22.6. The molecular weight excluding hydrogens is 258 g/mol. The zero-order chi connectivity index (χ0) is 13.0. The van der Waals surface area contributed by atoms with Crippen LogP contribution in [-0.4, -0.2) is 32.9 Å². The van der Waals surface area contributed by atoms with Gasteiger partial charge in [-0.2, -0.15) is 4.98 Å². The average Bonchev–Trinajstić information content (AvgIpc) is 2.75. The molecule has 94 valence electrons. The summed E-state index contributed by atoms with van der Waals surface area (Å²) in [5, 5.41) is 6.85. The number of aromatic nitrogens is 4. The predicted octanol–water partition coefficient (Wildman–Crippen LogP) is 1.29. The molecule has 2 aromatic rings. The Morgan fingerprint density at radius 2 is 2.33 bits per heavy atom. The highest BCUT2D eigenvalue weighted by Gasteiger charge is 2.09. The molecule has 0 amide bonds. The first-order valence-corrected chi connectivity index (χ1v) is 5.57. The number of nitrogens with one attached hydrogen (secondary N) is 1. The Bertz CT molecular complexity index is 557. The van der Waals surface area contributed by atoms with Crippen LogP contribution >= 0.6 is 11.6 Å². The highest BCUT2D eigenvalue weighted by atomic mass is 35.5. The van der Waals surface area contributed by atoms with E-state index in [-0.39, 0.29) is 10.7 Å². The van der Waals surface area contributed by atoms with Crippen LogP contribution < -0.4 is 5.32 Å². The van der Waals surface area contributed by atoms with Crippen LogP contribution in [0.5, 0.6) is 0 Å². The molecule has 0 bridgehead atoms. The van der Waals surface area contributed by atoms with Crippen LogP contribution in [0.25, 0.3) is 0 Å². The van der Waals surface area contributed by atoms with Gasteiger partial charge in [-0.05, 0) is 0 Å². The minimum Gasteiger partial charge on any atom is -0.369 e. The van der Waals surface area contributed by atoms with Crippen molar-refractivity contribution in [3.05, 3.63) is 28.8 Å². The molecule has 0 fully saturated rings. The van der Waals surface area contributed by atoms with E-state index in [1.165, 1.54) is 6.33 Å². The Kier molecular flexibility index (Phi) is 3.83. The first-order valence-electron chi connectivity index (χ1n) is 5.19. The van der Waals surface area contributed by atoms with Crippen molar-refractivity contribution in [2.75, 3.05) is 11.9 Å². The number of hydrogen-bond acceptors (Lipinski definition) is 7. The number of nitrogens with zero attached hydrogens (tertiary/aromatic N) is 4. The standard InChI is InChI=1S/C10H10ClN5O2/c1-6-15-8(16-18-6)2-3-12-10-7(4-17)9(11)13-5-14-10/h4-5H,2-3H2,1H3,(H,12,13,14). The van der Waals surface area contributed by atoms with E-state index in [1.54, 1.807) is 6.92 Å². The van der Waals surface area contributed by atoms with Gasteiger partial charge in [-0.1, -0.05) is 16.8 Å². The van der Waals surface area contributed by atoms with Gasteiger partial charge in [0.2, 0.25) is 5.89 Å². The lowest BCUT2D eigenvalue weighted by molar-refractivity contribution is 0.112. The van der Waals surface area contributed by atoms with E-state index in [4.69, 9.17) is 16.1 Å². The molecule has 7 nitrogen and oxygen atoms in total. The molecule has 2 heterocycles. The summed E-state index contributed by atoms with van der Waals surface area (Å²) in [7, 11) is 0. The summed E-state index contributed by atoms with van der Waals surface area (Å²) in [6.45, 7) is 2.23. The molecule has 0 aliphatic heterocycles. The third-order valence-corrected chi connectivity index (χ3v) is 2.47. The third kappa shape index (κ3) is 2.80. The molecule has 0 aliphatic carbocycles. The number of aryl methyl sites for hydroxylation is 1. The highest BCUT2D eigenvalue weighted by molar-refractivity contribution is 6.32. The lowest BCUT2D eigenvalue weighted by Gasteiger charge is -2.06. The molecule has 0 unspecified atom stereocenters. The van der Waals surface area contributed by atoms with Crippen molar-refractivity contribution in [1.29, 1.82) is 0 Å². The predicted molar refractivity (Wildman–Crippen MR) is 63.7 cm³/mol. The van der Waals surface area contributed by atoms with E-state index in [9.17, 15) is 4.79 Å². The monoisotopic (exact) mass is 267 g/mol. The van der Waals surface area contributed by atoms with E-state index >= 15 is 0 Å². The fourth-order valence-electron chi connectivity index (χ4n) is 1.35. The molecule has 0 radical (unpaired) electrons. The normalized spacial score (nSPS) is 10.3. The van der Waals surface area contributed by atoms with Crippen molar-refractivity contribution in [2.24, 2.45) is 0 Å². The number of carbonyl (C=O) groups is 1. The average molecular weight is 268 g/mol. The van der Waals surface area contributed by atoms with Gasteiger partial charge in [-0.25, -0.2) is 9.97 Å². The molecule has 18 heavy (non-hydrogen) atoms. The van der Waals surface area contributed by atoms with Crippen LogP contribution in [0.4, 0.5) is 5.82 Å². The Morgan fingerprint density at radius 1 is 1.50 bits per heavy atom. The fraction of sp³-hybridized carbons (Fsp3) is 0.300. The van der Waals surface area contributed by atoms with E-state index in [1.807, 2.05) is 0 Å². The molecular formula is C10H10ClN5O2. The largest absolute Gasteiger partial charge is 0.369 e. The summed E-state index contributed by atoms with van der Waals surface area (Å²) < 4.78 is 4.84. The van der Waals surface area contributed by atoms with Crippen molar-refractivity contribution >= 4 is 23.7 Å². The van der Waals surface area contributed by atoms with Crippen LogP contribution in [0.1, 0.15) is 22.1 Å². The lowest BCUT2D eigenvalue weighted by Crippen LogP contribution is -2.10. The SMILES string of the molecule is Cc1nc(CCNc2ncnc(Cl)c2C=O)no1. The van der Waals surface area contributed by atoms with E-state index in [0.29, 0.717) is 36.8 Å². The molecule has 2 aromatic heterocycles. The Labute approximate surface area is 108 Å². The van der Waals surface area contributed by atoms with Crippen LogP contribution in [0.3, 0.4) is 0 Å². The number of hydrogen-bond donors (Lipinski definition) is 1. The second-order valence-electron chi connectivity index (χ2n) is 3.45. The number of rotatable bonds is 5. The smallest absolute Gasteiger partial charge is 0.223 e. The van der Waals surface area contributed by atoms with Gasteiger partial charge >= 0.3 is 0 Å². The molecule has 0 spiro atoms. The molecule has 0 saturated carbocycles. The van der Waals surface area contributed by atoms with Crippen molar-refractivity contribution in [1.82, 2.24) is 20.1 Å². The number of halogens is 1. The summed E-state index contributed by atoms with van der Waals surface area (Å²) in [6.07, 6.45) is 2.45. The van der Waals surface area contributed by atoms with Gasteiger partial charge < -0.3 is 9.84 Å². The van der Waals surface area contributed by atoms with Crippen molar-refractivity contribution < 1.29 is 9.32 Å². The van der Waals surface area contributed by atoms with Gasteiger partial charge in [-0.3, -0.25) is 4.79 Å². The zero-order valence-corrected chi connectivity index (χ0v) is 10.3. The van der Waals surface area contributed by atoms with Crippen LogP contribution in [0.15, 0.2) is 10.9 Å². The quantitative estimate of drug-likeness (QED) is 0.644. The van der Waals surface area contributed by atoms with Gasteiger partial charge in [0.1, 0.15) is 17.3 Å². The van der Waals surface area contributed by atoms with Crippen molar-refractivity contribution in [2.45, 2.75) is 13.3 Å². The first-order chi connectivity index (χ1) is 8.70. The fourth-order valence-corrected chi connectivity index (χ4v) is 1.53. The van der Waals surface area contributed by atoms with Gasteiger partial charge in [0.05, 0.1) is 5.56 Å². The van der Waals surface area contributed by atoms with Crippen LogP contribution in [0.2, 0.25) is 5.15 Å². The lowest BCUT2D eigenvalue weighted by atomic mass is 10.3. The van der Waals surface area contributed by atoms with E-state index in [2.05, 4.69) is 25.4 Å². The first kappa shape index (κ1) is 12.4. The van der Waals surface area contributed by atoms with Gasteiger partial charge in [-0.15, -0.1) is 0 Å². The minimum absolute atomic E-state index is 0.123. The van der Waals surface area contributed by atoms with Crippen molar-refractivity contribution in [3.8, 4) is 0 Å². The minimum atomic E-state index is 0.123. The van der Waals surface area contributed by atoms with Gasteiger partial charge in [0.15, 0.2) is 12.1 Å². The van der Waals surface area contributed by atoms with Crippen LogP contribution in [0, 0.1) is 6.92 Å². The maximum Gasteiger partial charge on any atom is 0.223 e. The number of aldehydes is 1. The third-order valence-electron chi connectivity index (χ3n) is 2.16. The van der Waals surface area contributed by atoms with Gasteiger partial charge in [0.25, 0.3) is 0 Å². The molecule has 0 saturated heterocycles. The summed E-state index contributed by atoms with van der Waals surface area (Å²) >= 11 is 5.77. The van der Waals surface area contributed by atoms with Crippen LogP contribution in [-0.2, 0) is 6.42 Å². The maximum absolute atomic E-state index is 10.8. The van der Waals surface area contributed by atoms with Crippen molar-refractivity contribution in [3.63, 3.8) is 0 Å². The molecule has 0 aromatic carbocycles. The molecule has 0 aliphatic rings. The molecule has 0 atom stereocenters. The maximum atomic E-state index is 10.8. The Hall–Kier alpha value is -2.02. The topological polar surface area (TPSA) is 93.8 Å². The summed E-state index contributed by atoms with van der Waals surface area (Å²) in [6, 6.07) is 0. The van der Waals surface area contributed by atoms with E-state index in [0.717, 1.165) is 0 Å². The Balaban J connectivity index is 1.98. The van der Waals surface area contributed by atoms with Gasteiger partial charge in [0, 0.05) is 19.9 Å². The number of anilines is 1. The summed E-state index contributed by atoms with van der Waals surface area (Å²) in [5.41, 5.74) is 0.239. The Morgan fingerprint density at radius 3 is 3.00 bits per heavy atom. The second kappa shape index (κ2) is 5.54. The zero-order valence-electron chi connectivity index (χ0n) is 9.55.